The van der Waals surface area contributed by atoms with Gasteiger partial charge in [0.2, 0.25) is 0 Å². The molecule has 1 atom stereocenters. The predicted molar refractivity (Wildman–Crippen MR) is 88.5 cm³/mol. The average molecular weight is 360 g/mol. The molecule has 0 amide bonds. The molecule has 22 heavy (non-hydrogen) atoms. The molecule has 1 unspecified atom stereocenters. The van der Waals surface area contributed by atoms with Crippen LogP contribution < -0.4 is 0 Å². The van der Waals surface area contributed by atoms with E-state index in [1.54, 1.807) is 6.07 Å². The van der Waals surface area contributed by atoms with Crippen LogP contribution in [-0.2, 0) is 5.33 Å². The molecule has 0 bridgehead atoms. The molecule has 1 aromatic heterocycles. The molecule has 0 saturated heterocycles. The minimum absolute atomic E-state index is 0.0420. The number of alkyl halides is 1. The molecule has 0 spiro atoms. The summed E-state index contributed by atoms with van der Waals surface area (Å²) in [6, 6.07) is 16.8. The maximum atomic E-state index is 14.4. The first-order valence-electron chi connectivity index (χ1n) is 7.05. The minimum Gasteiger partial charge on any atom is -0.360 e. The molecule has 4 heteroatoms. The third-order valence-electron chi connectivity index (χ3n) is 3.72. The Labute approximate surface area is 137 Å². The van der Waals surface area contributed by atoms with Crippen molar-refractivity contribution in [3.63, 3.8) is 0 Å². The Morgan fingerprint density at radius 1 is 1.14 bits per heavy atom. The number of rotatable bonds is 4. The van der Waals surface area contributed by atoms with Gasteiger partial charge in [0.1, 0.15) is 11.6 Å². The lowest BCUT2D eigenvalue weighted by Crippen LogP contribution is -1.96. The van der Waals surface area contributed by atoms with Gasteiger partial charge in [-0.15, -0.1) is 0 Å². The second kappa shape index (κ2) is 6.44. The molecule has 0 aliphatic heterocycles. The summed E-state index contributed by atoms with van der Waals surface area (Å²) in [5, 5.41) is 4.60. The zero-order chi connectivity index (χ0) is 15.5. The predicted octanol–water partition coefficient (Wildman–Crippen LogP) is 5.53. The maximum Gasteiger partial charge on any atom is 0.144 e. The van der Waals surface area contributed by atoms with E-state index in [0.717, 1.165) is 22.6 Å². The first-order chi connectivity index (χ1) is 10.7. The van der Waals surface area contributed by atoms with Crippen LogP contribution >= 0.6 is 15.9 Å². The fourth-order valence-corrected chi connectivity index (χ4v) is 2.68. The number of aromatic nitrogens is 1. The summed E-state index contributed by atoms with van der Waals surface area (Å²) in [6.45, 7) is 1.98. The minimum atomic E-state index is -0.226. The Morgan fingerprint density at radius 2 is 1.91 bits per heavy atom. The van der Waals surface area contributed by atoms with Crippen molar-refractivity contribution in [2.75, 3.05) is 0 Å². The van der Waals surface area contributed by atoms with Crippen molar-refractivity contribution < 1.29 is 8.91 Å². The molecule has 1 heterocycles. The van der Waals surface area contributed by atoms with Crippen molar-refractivity contribution in [3.05, 3.63) is 77.4 Å². The van der Waals surface area contributed by atoms with Crippen molar-refractivity contribution in [2.24, 2.45) is 0 Å². The van der Waals surface area contributed by atoms with Gasteiger partial charge in [-0.3, -0.25) is 0 Å². The quantitative estimate of drug-likeness (QED) is 0.572. The number of nitrogens with zero attached hydrogens (tertiary/aromatic N) is 1. The van der Waals surface area contributed by atoms with Crippen LogP contribution in [0.5, 0.6) is 0 Å². The monoisotopic (exact) mass is 359 g/mol. The zero-order valence-corrected chi connectivity index (χ0v) is 13.7. The fourth-order valence-electron chi connectivity index (χ4n) is 2.41. The lowest BCUT2D eigenvalue weighted by atomic mass is 9.95. The number of benzene rings is 2. The summed E-state index contributed by atoms with van der Waals surface area (Å²) in [4.78, 5) is 0. The van der Waals surface area contributed by atoms with E-state index in [9.17, 15) is 4.39 Å². The topological polar surface area (TPSA) is 26.0 Å². The van der Waals surface area contributed by atoms with Crippen LogP contribution in [0.25, 0.3) is 11.1 Å². The normalized spacial score (nSPS) is 12.3. The van der Waals surface area contributed by atoms with Crippen molar-refractivity contribution in [3.8, 4) is 11.1 Å². The average Bonchev–Trinajstić information content (AvgIpc) is 3.04. The van der Waals surface area contributed by atoms with E-state index in [2.05, 4.69) is 21.1 Å². The molecule has 0 radical (unpaired) electrons. The first kappa shape index (κ1) is 15.0. The lowest BCUT2D eigenvalue weighted by Gasteiger charge is -2.10. The molecule has 0 aliphatic carbocycles. The standard InChI is InChI=1S/C18H15BrFNO/c1-12(18-10-15(11-19)21-22-18)14-7-8-16(17(20)9-14)13-5-3-2-4-6-13/h2-10,12H,11H2,1H3. The largest absolute Gasteiger partial charge is 0.360 e. The Kier molecular flexibility index (Phi) is 4.39. The molecule has 0 saturated carbocycles. The van der Waals surface area contributed by atoms with E-state index in [0.29, 0.717) is 10.9 Å². The highest BCUT2D eigenvalue weighted by molar-refractivity contribution is 9.08. The van der Waals surface area contributed by atoms with Crippen LogP contribution in [0.2, 0.25) is 0 Å². The molecule has 0 aliphatic rings. The van der Waals surface area contributed by atoms with Gasteiger partial charge < -0.3 is 4.52 Å². The molecule has 2 nitrogen and oxygen atoms in total. The summed E-state index contributed by atoms with van der Waals surface area (Å²) in [6.07, 6.45) is 0. The van der Waals surface area contributed by atoms with Crippen molar-refractivity contribution in [1.29, 1.82) is 0 Å². The van der Waals surface area contributed by atoms with E-state index in [1.807, 2.05) is 55.5 Å². The van der Waals surface area contributed by atoms with E-state index >= 15 is 0 Å². The highest BCUT2D eigenvalue weighted by atomic mass is 79.9. The van der Waals surface area contributed by atoms with E-state index in [4.69, 9.17) is 4.52 Å². The molecular formula is C18H15BrFNO. The van der Waals surface area contributed by atoms with Gasteiger partial charge in [-0.1, -0.05) is 70.5 Å². The SMILES string of the molecule is CC(c1ccc(-c2ccccc2)c(F)c1)c1cc(CBr)no1. The van der Waals surface area contributed by atoms with Crippen molar-refractivity contribution in [2.45, 2.75) is 18.2 Å². The molecular weight excluding hydrogens is 345 g/mol. The van der Waals surface area contributed by atoms with Gasteiger partial charge in [0.05, 0.1) is 5.69 Å². The smallest absolute Gasteiger partial charge is 0.144 e. The first-order valence-corrected chi connectivity index (χ1v) is 8.17. The van der Waals surface area contributed by atoms with E-state index < -0.39 is 0 Å². The van der Waals surface area contributed by atoms with Crippen LogP contribution in [0.4, 0.5) is 4.39 Å². The molecule has 3 rings (SSSR count). The van der Waals surface area contributed by atoms with Gasteiger partial charge in [0.15, 0.2) is 0 Å². The van der Waals surface area contributed by atoms with Crippen LogP contribution in [-0.4, -0.2) is 5.16 Å². The highest BCUT2D eigenvalue weighted by Gasteiger charge is 2.16. The molecule has 0 N–H and O–H groups in total. The van der Waals surface area contributed by atoms with Crippen LogP contribution in [0.15, 0.2) is 59.1 Å². The summed E-state index contributed by atoms with van der Waals surface area (Å²) in [7, 11) is 0. The van der Waals surface area contributed by atoms with Crippen molar-refractivity contribution >= 4 is 15.9 Å². The van der Waals surface area contributed by atoms with Gasteiger partial charge in [0, 0.05) is 22.9 Å². The summed E-state index contributed by atoms with van der Waals surface area (Å²) in [5.74, 6) is 0.469. The van der Waals surface area contributed by atoms with E-state index in [1.165, 1.54) is 0 Å². The lowest BCUT2D eigenvalue weighted by molar-refractivity contribution is 0.372. The fraction of sp³-hybridized carbons (Fsp3) is 0.167. The maximum absolute atomic E-state index is 14.4. The Bertz CT molecular complexity index is 770. The second-order valence-electron chi connectivity index (χ2n) is 5.18. The van der Waals surface area contributed by atoms with Crippen LogP contribution in [0.1, 0.15) is 29.9 Å². The van der Waals surface area contributed by atoms with Gasteiger partial charge in [-0.25, -0.2) is 4.39 Å². The molecule has 112 valence electrons. The Hall–Kier alpha value is -1.94. The second-order valence-corrected chi connectivity index (χ2v) is 5.74. The summed E-state index contributed by atoms with van der Waals surface area (Å²) >= 11 is 3.34. The highest BCUT2D eigenvalue weighted by Crippen LogP contribution is 2.29. The van der Waals surface area contributed by atoms with Gasteiger partial charge in [-0.2, -0.15) is 0 Å². The van der Waals surface area contributed by atoms with Crippen molar-refractivity contribution in [1.82, 2.24) is 5.16 Å². The number of halogens is 2. The van der Waals surface area contributed by atoms with Gasteiger partial charge >= 0.3 is 0 Å². The van der Waals surface area contributed by atoms with E-state index in [-0.39, 0.29) is 11.7 Å². The van der Waals surface area contributed by atoms with Gasteiger partial charge in [0.25, 0.3) is 0 Å². The molecule has 3 aromatic rings. The zero-order valence-electron chi connectivity index (χ0n) is 12.1. The third-order valence-corrected chi connectivity index (χ3v) is 4.29. The molecule has 0 fully saturated rings. The number of hydrogen-bond acceptors (Lipinski definition) is 2. The van der Waals surface area contributed by atoms with Crippen LogP contribution in [0, 0.1) is 5.82 Å². The van der Waals surface area contributed by atoms with Crippen LogP contribution in [0.3, 0.4) is 0 Å². The molecule has 2 aromatic carbocycles. The van der Waals surface area contributed by atoms with Gasteiger partial charge in [-0.05, 0) is 17.2 Å². The summed E-state index contributed by atoms with van der Waals surface area (Å²) in [5.41, 5.74) is 3.19. The Morgan fingerprint density at radius 3 is 2.55 bits per heavy atom. The third kappa shape index (κ3) is 2.97. The summed E-state index contributed by atoms with van der Waals surface area (Å²) < 4.78 is 19.8. The Balaban J connectivity index is 1.91. The number of hydrogen-bond donors (Lipinski definition) is 0.